The number of nitrogens with zero attached hydrogens (tertiary/aromatic N) is 4. The van der Waals surface area contributed by atoms with Gasteiger partial charge in [-0.1, -0.05) is 13.8 Å². The van der Waals surface area contributed by atoms with Crippen molar-refractivity contribution in [2.75, 3.05) is 18.8 Å². The largest absolute Gasteiger partial charge is 0.494 e. The first-order valence-electron chi connectivity index (χ1n) is 11.4. The fraction of sp³-hybridized carbons (Fsp3) is 0.545. The van der Waals surface area contributed by atoms with Crippen LogP contribution in [-0.4, -0.2) is 67.2 Å². The van der Waals surface area contributed by atoms with Crippen molar-refractivity contribution in [3.8, 4) is 5.88 Å². The minimum atomic E-state index is -4.79. The van der Waals surface area contributed by atoms with E-state index < -0.39 is 59.8 Å². The average molecular weight is 571 g/mol. The number of alkyl halides is 5. The maximum absolute atomic E-state index is 13.4. The van der Waals surface area contributed by atoms with E-state index in [1.54, 1.807) is 19.2 Å². The van der Waals surface area contributed by atoms with Crippen LogP contribution in [0, 0.1) is 5.92 Å². The number of nitrogens with one attached hydrogen (secondary N) is 1. The molecular weight excluding hydrogens is 543 g/mol. The molecule has 0 saturated carbocycles. The number of halogens is 6. The third-order valence-electron chi connectivity index (χ3n) is 5.88. The number of likely N-dealkylation sites (tertiary alicyclic amines) is 1. The first-order valence-corrected chi connectivity index (χ1v) is 11.4. The number of carbonyl (C=O) groups excluding carboxylic acids is 2. The van der Waals surface area contributed by atoms with E-state index >= 15 is 0 Å². The van der Waals surface area contributed by atoms with Gasteiger partial charge in [-0.25, -0.2) is 8.78 Å². The summed E-state index contributed by atoms with van der Waals surface area (Å²) >= 11 is 0. The van der Waals surface area contributed by atoms with Crippen molar-refractivity contribution < 1.29 is 36.6 Å². The summed E-state index contributed by atoms with van der Waals surface area (Å²) in [6.07, 6.45) is -3.50. The molecule has 10 nitrogen and oxygen atoms in total. The van der Waals surface area contributed by atoms with Crippen molar-refractivity contribution in [2.24, 2.45) is 5.92 Å². The maximum Gasteiger partial charge on any atom is 0.408 e. The second kappa shape index (κ2) is 11.2. The van der Waals surface area contributed by atoms with Crippen LogP contribution in [-0.2, 0) is 11.3 Å². The molecule has 4 N–H and O–H groups in total. The van der Waals surface area contributed by atoms with E-state index in [-0.39, 0.29) is 55.0 Å². The summed E-state index contributed by atoms with van der Waals surface area (Å²) in [6, 6.07) is -2.31. The summed E-state index contributed by atoms with van der Waals surface area (Å²) in [7, 11) is 0. The Morgan fingerprint density at radius 3 is 2.32 bits per heavy atom. The topological polar surface area (TPSA) is 135 Å². The van der Waals surface area contributed by atoms with E-state index in [4.69, 9.17) is 5.73 Å². The third kappa shape index (κ3) is 6.37. The molecule has 16 heteroatoms. The highest BCUT2D eigenvalue weighted by atomic mass is 35.5. The highest BCUT2D eigenvalue weighted by molar-refractivity contribution is 5.97. The van der Waals surface area contributed by atoms with Gasteiger partial charge in [-0.15, -0.1) is 17.5 Å². The standard InChI is InChI=1S/C22H27F5N6O4.ClH/c1-11(2)10-32-18-13(4-5-14(34)31-8-6-21(23,24)7-9-31)16(28)30-33(18)20(37)15(19(32)36)17(35)29-12(3)22(25,26)27;/h4-5,11-12,36H,6-10H2,1-3H3,(H2,28,30)(H,29,35);1H. The number of amides is 2. The number of hydrogen-bond donors (Lipinski definition) is 3. The average Bonchev–Trinajstić information content (AvgIpc) is 3.10. The Hall–Kier alpha value is -3.36. The number of hydrogen-bond acceptors (Lipinski definition) is 6. The van der Waals surface area contributed by atoms with Gasteiger partial charge in [0.05, 0.1) is 5.56 Å². The minimum Gasteiger partial charge on any atom is -0.494 e. The Bertz CT molecular complexity index is 1290. The summed E-state index contributed by atoms with van der Waals surface area (Å²) < 4.78 is 67.4. The Balaban J connectivity index is 0.00000507. The van der Waals surface area contributed by atoms with Crippen molar-refractivity contribution in [3.63, 3.8) is 0 Å². The van der Waals surface area contributed by atoms with Crippen LogP contribution in [0.1, 0.15) is 49.5 Å². The summed E-state index contributed by atoms with van der Waals surface area (Å²) in [5.74, 6) is -6.27. The number of fused-ring (bicyclic) bond motifs is 1. The van der Waals surface area contributed by atoms with Gasteiger partial charge >= 0.3 is 6.18 Å². The molecule has 212 valence electrons. The highest BCUT2D eigenvalue weighted by Gasteiger charge is 2.39. The van der Waals surface area contributed by atoms with Crippen LogP contribution in [0.3, 0.4) is 0 Å². The van der Waals surface area contributed by atoms with Gasteiger partial charge in [0, 0.05) is 38.6 Å². The predicted molar refractivity (Wildman–Crippen MR) is 130 cm³/mol. The molecule has 1 saturated heterocycles. The molecule has 1 aliphatic heterocycles. The van der Waals surface area contributed by atoms with E-state index in [9.17, 15) is 41.4 Å². The Labute approximate surface area is 219 Å². The SMILES string of the molecule is CC(C)Cn1c(O)c(C(=O)NC(C)C(F)(F)F)c(=O)n2nc(N)c(C=CC(=O)N3CCC(F)(F)CC3)c12.Cl. The molecule has 0 aromatic carbocycles. The molecule has 38 heavy (non-hydrogen) atoms. The van der Waals surface area contributed by atoms with Crippen LogP contribution >= 0.6 is 12.4 Å². The van der Waals surface area contributed by atoms with Crippen LogP contribution in [0.2, 0.25) is 0 Å². The molecule has 3 heterocycles. The number of nitrogen functional groups attached to an aromatic ring is 1. The fourth-order valence-electron chi connectivity index (χ4n) is 3.84. The number of carbonyl (C=O) groups is 2. The zero-order valence-corrected chi connectivity index (χ0v) is 21.5. The molecule has 1 aliphatic rings. The smallest absolute Gasteiger partial charge is 0.408 e. The van der Waals surface area contributed by atoms with Gasteiger partial charge in [0.15, 0.2) is 17.0 Å². The van der Waals surface area contributed by atoms with Crippen molar-refractivity contribution in [1.29, 1.82) is 0 Å². The lowest BCUT2D eigenvalue weighted by Gasteiger charge is -2.30. The normalized spacial score (nSPS) is 16.6. The van der Waals surface area contributed by atoms with E-state index in [0.717, 1.165) is 10.6 Å². The van der Waals surface area contributed by atoms with Crippen LogP contribution in [0.5, 0.6) is 5.88 Å². The number of piperidine rings is 1. The second-order valence-electron chi connectivity index (χ2n) is 9.29. The lowest BCUT2D eigenvalue weighted by molar-refractivity contribution is -0.149. The van der Waals surface area contributed by atoms with Crippen LogP contribution < -0.4 is 16.6 Å². The molecule has 0 aliphatic carbocycles. The van der Waals surface area contributed by atoms with Crippen molar-refractivity contribution in [2.45, 2.75) is 58.3 Å². The Morgan fingerprint density at radius 1 is 1.21 bits per heavy atom. The molecule has 1 fully saturated rings. The molecule has 0 bridgehead atoms. The number of anilines is 1. The zero-order valence-electron chi connectivity index (χ0n) is 20.7. The van der Waals surface area contributed by atoms with Gasteiger partial charge in [0.2, 0.25) is 11.8 Å². The number of aromatic nitrogens is 3. The summed E-state index contributed by atoms with van der Waals surface area (Å²) in [5, 5.41) is 16.3. The van der Waals surface area contributed by atoms with E-state index in [2.05, 4.69) is 5.10 Å². The molecule has 0 spiro atoms. The van der Waals surface area contributed by atoms with Crippen LogP contribution in [0.15, 0.2) is 10.9 Å². The van der Waals surface area contributed by atoms with Gasteiger partial charge in [-0.3, -0.25) is 19.0 Å². The molecule has 0 radical (unpaired) electrons. The maximum atomic E-state index is 13.4. The lowest BCUT2D eigenvalue weighted by Crippen LogP contribution is -2.45. The number of rotatable bonds is 6. The Kier molecular flexibility index (Phi) is 9.07. The molecule has 3 rings (SSSR count). The first kappa shape index (κ1) is 30.9. The van der Waals surface area contributed by atoms with Crippen molar-refractivity contribution in [1.82, 2.24) is 24.4 Å². The molecule has 2 aromatic heterocycles. The minimum absolute atomic E-state index is 0. The van der Waals surface area contributed by atoms with Gasteiger partial charge in [-0.2, -0.15) is 17.7 Å². The van der Waals surface area contributed by atoms with Gasteiger partial charge in [-0.05, 0) is 18.9 Å². The quantitative estimate of drug-likeness (QED) is 0.361. The third-order valence-corrected chi connectivity index (χ3v) is 5.88. The van der Waals surface area contributed by atoms with Gasteiger partial charge in [0.25, 0.3) is 17.4 Å². The van der Waals surface area contributed by atoms with E-state index in [1.165, 1.54) is 11.0 Å². The number of aromatic hydroxyl groups is 1. The van der Waals surface area contributed by atoms with Crippen LogP contribution in [0.4, 0.5) is 27.8 Å². The summed E-state index contributed by atoms with van der Waals surface area (Å²) in [4.78, 5) is 39.4. The Morgan fingerprint density at radius 2 is 1.79 bits per heavy atom. The van der Waals surface area contributed by atoms with Gasteiger partial charge in [0.1, 0.15) is 6.04 Å². The van der Waals surface area contributed by atoms with Crippen LogP contribution in [0.25, 0.3) is 11.7 Å². The van der Waals surface area contributed by atoms with Gasteiger partial charge < -0.3 is 21.1 Å². The predicted octanol–water partition coefficient (Wildman–Crippen LogP) is 2.81. The molecule has 1 unspecified atom stereocenters. The molecule has 2 amide bonds. The first-order chi connectivity index (χ1) is 17.0. The number of nitrogens with two attached hydrogens (primary N) is 1. The summed E-state index contributed by atoms with van der Waals surface area (Å²) in [6.45, 7) is 3.83. The van der Waals surface area contributed by atoms with E-state index in [1.807, 2.05) is 0 Å². The summed E-state index contributed by atoms with van der Waals surface area (Å²) in [5.41, 5.74) is 3.66. The van der Waals surface area contributed by atoms with Crippen molar-refractivity contribution >= 4 is 41.8 Å². The zero-order chi connectivity index (χ0) is 27.9. The lowest BCUT2D eigenvalue weighted by atomic mass is 10.1. The van der Waals surface area contributed by atoms with E-state index in [0.29, 0.717) is 11.4 Å². The van der Waals surface area contributed by atoms with Crippen molar-refractivity contribution in [3.05, 3.63) is 27.6 Å². The second-order valence-corrected chi connectivity index (χ2v) is 9.29. The monoisotopic (exact) mass is 570 g/mol. The molecule has 1 atom stereocenters. The highest BCUT2D eigenvalue weighted by Crippen LogP contribution is 2.29. The molecular formula is C22H28ClF5N6O4. The fourth-order valence-corrected chi connectivity index (χ4v) is 3.84. The molecule has 2 aromatic rings.